The molecule has 1 aromatic carbocycles. The topological polar surface area (TPSA) is 39.9 Å². The Balaban J connectivity index is 1.93. The summed E-state index contributed by atoms with van der Waals surface area (Å²) in [6.45, 7) is 4.40. The number of rotatable bonds is 3. The van der Waals surface area contributed by atoms with E-state index in [1.54, 1.807) is 0 Å². The van der Waals surface area contributed by atoms with Crippen molar-refractivity contribution in [3.8, 4) is 5.75 Å². The van der Waals surface area contributed by atoms with E-state index in [0.29, 0.717) is 6.61 Å². The molecule has 21 heavy (non-hydrogen) atoms. The highest BCUT2D eigenvalue weighted by Gasteiger charge is 2.12. The molecule has 3 rings (SSSR count). The van der Waals surface area contributed by atoms with E-state index in [-0.39, 0.29) is 0 Å². The largest absolute Gasteiger partial charge is 0.485 e. The molecule has 0 atom stereocenters. The Bertz CT molecular complexity index is 811. The van der Waals surface area contributed by atoms with Crippen LogP contribution in [0.1, 0.15) is 17.1 Å². The molecule has 0 saturated carbocycles. The average Bonchev–Trinajstić information content (AvgIpc) is 2.70. The second-order valence-corrected chi connectivity index (χ2v) is 5.83. The van der Waals surface area contributed by atoms with Gasteiger partial charge in [0.1, 0.15) is 17.9 Å². The van der Waals surface area contributed by atoms with Gasteiger partial charge < -0.3 is 4.74 Å². The third kappa shape index (κ3) is 2.65. The van der Waals surface area contributed by atoms with Crippen LogP contribution < -0.4 is 4.74 Å². The Morgan fingerprint density at radius 3 is 2.71 bits per heavy atom. The van der Waals surface area contributed by atoms with E-state index in [4.69, 9.17) is 4.74 Å². The Morgan fingerprint density at radius 2 is 2.00 bits per heavy atom. The molecule has 3 aromatic rings. The van der Waals surface area contributed by atoms with Gasteiger partial charge in [0.15, 0.2) is 0 Å². The van der Waals surface area contributed by atoms with Crippen molar-refractivity contribution >= 4 is 26.8 Å². The molecular formula is C16H16BrN3O. The second-order valence-electron chi connectivity index (χ2n) is 5.04. The number of nitrogens with zero attached hydrogens (tertiary/aromatic N) is 3. The lowest BCUT2D eigenvalue weighted by Crippen LogP contribution is -2.04. The summed E-state index contributed by atoms with van der Waals surface area (Å²) in [5.41, 5.74) is 3.85. The lowest BCUT2D eigenvalue weighted by molar-refractivity contribution is 0.297. The van der Waals surface area contributed by atoms with Crippen molar-refractivity contribution in [3.63, 3.8) is 0 Å². The Kier molecular flexibility index (Phi) is 3.68. The van der Waals surface area contributed by atoms with E-state index in [2.05, 4.69) is 32.1 Å². The fourth-order valence-electron chi connectivity index (χ4n) is 2.32. The predicted octanol–water partition coefficient (Wildman–Crippen LogP) is 3.93. The maximum absolute atomic E-state index is 5.98. The van der Waals surface area contributed by atoms with Crippen molar-refractivity contribution in [1.29, 1.82) is 0 Å². The van der Waals surface area contributed by atoms with Crippen LogP contribution in [0.25, 0.3) is 10.9 Å². The minimum absolute atomic E-state index is 0.451. The van der Waals surface area contributed by atoms with Crippen molar-refractivity contribution in [2.75, 3.05) is 0 Å². The smallest absolute Gasteiger partial charge is 0.146 e. The standard InChI is InChI=1S/C16H16BrN3O/c1-10-7-8-12-5-4-6-14(16(12)18-10)21-9-13-15(17)11(2)19-20(13)3/h4-8H,9H2,1-3H3. The molecule has 0 aliphatic carbocycles. The van der Waals surface area contributed by atoms with Crippen molar-refractivity contribution in [2.45, 2.75) is 20.5 Å². The van der Waals surface area contributed by atoms with E-state index in [0.717, 1.165) is 38.2 Å². The zero-order valence-electron chi connectivity index (χ0n) is 12.2. The number of aromatic nitrogens is 3. The molecular weight excluding hydrogens is 330 g/mol. The van der Waals surface area contributed by atoms with Gasteiger partial charge in [0.25, 0.3) is 0 Å². The monoisotopic (exact) mass is 345 g/mol. The zero-order valence-corrected chi connectivity index (χ0v) is 13.8. The lowest BCUT2D eigenvalue weighted by atomic mass is 10.2. The normalized spacial score (nSPS) is 11.0. The second kappa shape index (κ2) is 5.48. The molecule has 108 valence electrons. The number of hydrogen-bond acceptors (Lipinski definition) is 3. The number of para-hydroxylation sites is 1. The highest BCUT2D eigenvalue weighted by molar-refractivity contribution is 9.10. The quantitative estimate of drug-likeness (QED) is 0.722. The van der Waals surface area contributed by atoms with Crippen molar-refractivity contribution < 1.29 is 4.74 Å². The number of aryl methyl sites for hydroxylation is 3. The van der Waals surface area contributed by atoms with Gasteiger partial charge in [0.05, 0.1) is 15.9 Å². The van der Waals surface area contributed by atoms with Gasteiger partial charge in [-0.15, -0.1) is 0 Å². The molecule has 2 heterocycles. The van der Waals surface area contributed by atoms with Gasteiger partial charge in [-0.1, -0.05) is 18.2 Å². The summed E-state index contributed by atoms with van der Waals surface area (Å²) in [6, 6.07) is 10.0. The third-order valence-electron chi connectivity index (χ3n) is 3.45. The van der Waals surface area contributed by atoms with Crippen molar-refractivity contribution in [3.05, 3.63) is 51.9 Å². The summed E-state index contributed by atoms with van der Waals surface area (Å²) < 4.78 is 8.81. The predicted molar refractivity (Wildman–Crippen MR) is 86.5 cm³/mol. The Hall–Kier alpha value is -1.88. The molecule has 0 aliphatic rings. The van der Waals surface area contributed by atoms with Crippen LogP contribution >= 0.6 is 15.9 Å². The molecule has 0 N–H and O–H groups in total. The van der Waals surface area contributed by atoms with Crippen LogP contribution in [0.4, 0.5) is 0 Å². The molecule has 0 aliphatic heterocycles. The fraction of sp³-hybridized carbons (Fsp3) is 0.250. The number of benzene rings is 1. The van der Waals surface area contributed by atoms with Crippen LogP contribution in [0.3, 0.4) is 0 Å². The molecule has 0 amide bonds. The van der Waals surface area contributed by atoms with E-state index in [9.17, 15) is 0 Å². The summed E-state index contributed by atoms with van der Waals surface area (Å²) in [7, 11) is 1.92. The number of fused-ring (bicyclic) bond motifs is 1. The van der Waals surface area contributed by atoms with Crippen molar-refractivity contribution in [1.82, 2.24) is 14.8 Å². The highest BCUT2D eigenvalue weighted by atomic mass is 79.9. The van der Waals surface area contributed by atoms with Gasteiger partial charge in [0, 0.05) is 18.1 Å². The summed E-state index contributed by atoms with van der Waals surface area (Å²) >= 11 is 3.56. The molecule has 5 heteroatoms. The molecule has 4 nitrogen and oxygen atoms in total. The van der Waals surface area contributed by atoms with Gasteiger partial charge in [0.2, 0.25) is 0 Å². The minimum atomic E-state index is 0.451. The summed E-state index contributed by atoms with van der Waals surface area (Å²) in [4.78, 5) is 4.58. The summed E-state index contributed by atoms with van der Waals surface area (Å²) in [6.07, 6.45) is 0. The zero-order chi connectivity index (χ0) is 15.0. The molecule has 0 unspecified atom stereocenters. The first kappa shape index (κ1) is 14.1. The molecule has 0 saturated heterocycles. The number of pyridine rings is 1. The van der Waals surface area contributed by atoms with Gasteiger partial charge in [-0.2, -0.15) is 5.10 Å². The molecule has 0 radical (unpaired) electrons. The van der Waals surface area contributed by atoms with Crippen LogP contribution in [0.2, 0.25) is 0 Å². The highest BCUT2D eigenvalue weighted by Crippen LogP contribution is 2.26. The van der Waals surface area contributed by atoms with Crippen LogP contribution in [0, 0.1) is 13.8 Å². The molecule has 0 fully saturated rings. The van der Waals surface area contributed by atoms with E-state index in [1.807, 2.05) is 49.8 Å². The summed E-state index contributed by atoms with van der Waals surface area (Å²) in [5.74, 6) is 0.793. The van der Waals surface area contributed by atoms with E-state index < -0.39 is 0 Å². The van der Waals surface area contributed by atoms with Gasteiger partial charge in [-0.25, -0.2) is 4.98 Å². The van der Waals surface area contributed by atoms with Crippen LogP contribution in [-0.2, 0) is 13.7 Å². The maximum atomic E-state index is 5.98. The minimum Gasteiger partial charge on any atom is -0.485 e. The SMILES string of the molecule is Cc1ccc2cccc(OCc3c(Br)c(C)nn3C)c2n1. The fourth-order valence-corrected chi connectivity index (χ4v) is 2.77. The van der Waals surface area contributed by atoms with Gasteiger partial charge in [-0.3, -0.25) is 4.68 Å². The van der Waals surface area contributed by atoms with Crippen LogP contribution in [-0.4, -0.2) is 14.8 Å². The van der Waals surface area contributed by atoms with Gasteiger partial charge >= 0.3 is 0 Å². The van der Waals surface area contributed by atoms with Crippen LogP contribution in [0.15, 0.2) is 34.8 Å². The average molecular weight is 346 g/mol. The third-order valence-corrected chi connectivity index (χ3v) is 4.48. The van der Waals surface area contributed by atoms with Gasteiger partial charge in [-0.05, 0) is 41.9 Å². The Labute approximate surface area is 131 Å². The lowest BCUT2D eigenvalue weighted by Gasteiger charge is -2.10. The number of halogens is 1. The first-order chi connectivity index (χ1) is 10.1. The first-order valence-electron chi connectivity index (χ1n) is 6.73. The maximum Gasteiger partial charge on any atom is 0.146 e. The summed E-state index contributed by atoms with van der Waals surface area (Å²) in [5, 5.41) is 5.46. The molecule has 0 bridgehead atoms. The first-order valence-corrected chi connectivity index (χ1v) is 7.52. The van der Waals surface area contributed by atoms with E-state index >= 15 is 0 Å². The number of ether oxygens (including phenoxy) is 1. The molecule has 2 aromatic heterocycles. The van der Waals surface area contributed by atoms with Crippen molar-refractivity contribution in [2.24, 2.45) is 7.05 Å². The van der Waals surface area contributed by atoms with E-state index in [1.165, 1.54) is 0 Å². The van der Waals surface area contributed by atoms with Crippen LogP contribution in [0.5, 0.6) is 5.75 Å². The molecule has 0 spiro atoms. The number of hydrogen-bond donors (Lipinski definition) is 0. The Morgan fingerprint density at radius 1 is 1.19 bits per heavy atom.